The molecule has 0 spiro atoms. The number of halogens is 26. The van der Waals surface area contributed by atoms with Gasteiger partial charge in [-0.2, -0.15) is 101 Å². The van der Waals surface area contributed by atoms with Gasteiger partial charge in [0.2, 0.25) is 9.84 Å². The van der Waals surface area contributed by atoms with E-state index in [2.05, 4.69) is 0 Å². The topological polar surface area (TPSA) is 34.1 Å². The van der Waals surface area contributed by atoms with Gasteiger partial charge in [-0.05, 0) is 0 Å². The SMILES string of the molecule is O=S(=O)(C(F)(F)C(F)(F)C(F)(F)C(F)(F)C(F)(F)C(F)(F)C(F)(F)C(F)(F)F)C12C(F)=C(F)C(F)(C(F)(F)C1(F)F)C2(F)F. The number of sulfone groups is 1. The van der Waals surface area contributed by atoms with E-state index in [4.69, 9.17) is 0 Å². The van der Waals surface area contributed by atoms with Gasteiger partial charge in [-0.15, -0.1) is 0 Å². The first-order valence-corrected chi connectivity index (χ1v) is 10.9. The zero-order valence-corrected chi connectivity index (χ0v) is 19.4. The van der Waals surface area contributed by atoms with Crippen molar-refractivity contribution in [3.8, 4) is 0 Å². The van der Waals surface area contributed by atoms with Crippen LogP contribution in [-0.2, 0) is 9.84 Å². The number of fused-ring (bicyclic) bond motifs is 2. The summed E-state index contributed by atoms with van der Waals surface area (Å²) in [7, 11) is -10.3. The highest BCUT2D eigenvalue weighted by Crippen LogP contribution is 2.80. The lowest BCUT2D eigenvalue weighted by atomic mass is 9.91. The summed E-state index contributed by atoms with van der Waals surface area (Å²) in [4.78, 5) is 0. The average Bonchev–Trinajstić information content (AvgIpc) is 2.97. The summed E-state index contributed by atoms with van der Waals surface area (Å²) in [5.41, 5.74) is -7.53. The van der Waals surface area contributed by atoms with Gasteiger partial charge in [0.1, 0.15) is 0 Å². The smallest absolute Gasteiger partial charge is 0.222 e. The van der Waals surface area contributed by atoms with Crippen molar-refractivity contribution in [2.45, 2.75) is 75.1 Å². The van der Waals surface area contributed by atoms with Crippen molar-refractivity contribution < 1.29 is 123 Å². The Hall–Kier alpha value is -2.13. The standard InChI is InChI=1S/C15F26O2S/c16-1-2(17)4(5(19,20)3(1,18)6(21,22)7(4,23)24)44(42,43)15(40,41)13(35,36)11(31,32)9(27,28)8(25,26)10(29,30)12(33,34)14(37,38)39. The van der Waals surface area contributed by atoms with Crippen molar-refractivity contribution in [1.29, 1.82) is 0 Å². The third-order valence-corrected chi connectivity index (χ3v) is 8.81. The second-order valence-corrected chi connectivity index (χ2v) is 10.8. The molecule has 2 aliphatic carbocycles. The predicted octanol–water partition coefficient (Wildman–Crippen LogP) is 7.90. The molecule has 2 rings (SSSR count). The molecule has 29 heteroatoms. The molecule has 2 unspecified atom stereocenters. The molecule has 2 bridgehead atoms. The van der Waals surface area contributed by atoms with Crippen LogP contribution in [0.1, 0.15) is 0 Å². The molecule has 0 aromatic carbocycles. The number of allylic oxidation sites excluding steroid dienone is 1. The Bertz CT molecular complexity index is 1370. The molecule has 0 aromatic rings. The van der Waals surface area contributed by atoms with Gasteiger partial charge in [0.05, 0.1) is 0 Å². The molecule has 2 atom stereocenters. The van der Waals surface area contributed by atoms with Gasteiger partial charge in [0.25, 0.3) is 10.4 Å². The molecule has 2 nitrogen and oxygen atoms in total. The number of rotatable bonds is 8. The van der Waals surface area contributed by atoms with Crippen LogP contribution in [-0.4, -0.2) is 83.6 Å². The van der Waals surface area contributed by atoms with E-state index in [1.54, 1.807) is 0 Å². The Labute approximate surface area is 220 Å². The predicted molar refractivity (Wildman–Crippen MR) is 80.3 cm³/mol. The molecule has 2 aliphatic rings. The second-order valence-electron chi connectivity index (χ2n) is 8.66. The molecule has 1 fully saturated rings. The zero-order chi connectivity index (χ0) is 36.2. The largest absolute Gasteiger partial charge is 0.460 e. The Morgan fingerprint density at radius 2 is 0.705 bits per heavy atom. The fraction of sp³-hybridized carbons (Fsp3) is 0.867. The first-order valence-electron chi connectivity index (χ1n) is 9.41. The molecule has 0 aromatic heterocycles. The maximum atomic E-state index is 14.3. The Morgan fingerprint density at radius 3 is 1.02 bits per heavy atom. The summed E-state index contributed by atoms with van der Waals surface area (Å²) in [5, 5.41) is -9.46. The van der Waals surface area contributed by atoms with Gasteiger partial charge in [-0.25, -0.2) is 21.6 Å². The molecular formula is C15F26O2S. The Morgan fingerprint density at radius 1 is 0.409 bits per heavy atom. The van der Waals surface area contributed by atoms with E-state index in [9.17, 15) is 123 Å². The highest BCUT2D eigenvalue weighted by molar-refractivity contribution is 7.94. The van der Waals surface area contributed by atoms with E-state index in [1.807, 2.05) is 0 Å². The lowest BCUT2D eigenvalue weighted by Gasteiger charge is -2.44. The number of alkyl halides is 24. The van der Waals surface area contributed by atoms with E-state index >= 15 is 0 Å². The normalized spacial score (nSPS) is 28.6. The van der Waals surface area contributed by atoms with Gasteiger partial charge in [-0.1, -0.05) is 0 Å². The summed E-state index contributed by atoms with van der Waals surface area (Å²) in [6, 6.07) is 0. The molecular weight excluding hydrogens is 738 g/mol. The lowest BCUT2D eigenvalue weighted by Crippen LogP contribution is -2.76. The van der Waals surface area contributed by atoms with Crippen LogP contribution in [0.4, 0.5) is 114 Å². The monoisotopic (exact) mass is 738 g/mol. The van der Waals surface area contributed by atoms with Crippen LogP contribution < -0.4 is 0 Å². The van der Waals surface area contributed by atoms with Crippen LogP contribution in [0, 0.1) is 0 Å². The molecule has 0 heterocycles. The number of hydrogen-bond donors (Lipinski definition) is 0. The quantitative estimate of drug-likeness (QED) is 0.238. The Balaban J connectivity index is 3.00. The van der Waals surface area contributed by atoms with Crippen LogP contribution in [0.25, 0.3) is 0 Å². The second kappa shape index (κ2) is 8.41. The van der Waals surface area contributed by atoms with Crippen molar-refractivity contribution in [2.24, 2.45) is 0 Å². The van der Waals surface area contributed by atoms with E-state index in [0.29, 0.717) is 0 Å². The molecule has 0 saturated heterocycles. The van der Waals surface area contributed by atoms with Gasteiger partial charge >= 0.3 is 64.7 Å². The number of hydrogen-bond acceptors (Lipinski definition) is 2. The highest BCUT2D eigenvalue weighted by Gasteiger charge is 3.10. The van der Waals surface area contributed by atoms with Crippen LogP contribution in [0.3, 0.4) is 0 Å². The summed E-state index contributed by atoms with van der Waals surface area (Å²) < 4.78 is 369. The maximum Gasteiger partial charge on any atom is 0.460 e. The average molecular weight is 738 g/mol. The van der Waals surface area contributed by atoms with Crippen LogP contribution in [0.5, 0.6) is 0 Å². The van der Waals surface area contributed by atoms with E-state index in [-0.39, 0.29) is 0 Å². The molecule has 0 N–H and O–H groups in total. The van der Waals surface area contributed by atoms with E-state index in [1.165, 1.54) is 0 Å². The van der Waals surface area contributed by atoms with Gasteiger partial charge in [0, 0.05) is 0 Å². The van der Waals surface area contributed by atoms with Crippen LogP contribution in [0.15, 0.2) is 11.7 Å². The summed E-state index contributed by atoms with van der Waals surface area (Å²) in [6.07, 6.45) is -8.24. The molecule has 1 saturated carbocycles. The molecule has 0 aliphatic heterocycles. The van der Waals surface area contributed by atoms with Crippen LogP contribution in [0.2, 0.25) is 0 Å². The first kappa shape index (κ1) is 38.1. The first-order chi connectivity index (χ1) is 18.6. The third-order valence-electron chi connectivity index (χ3n) is 6.38. The maximum absolute atomic E-state index is 14.3. The van der Waals surface area contributed by atoms with Gasteiger partial charge in [0.15, 0.2) is 11.7 Å². The van der Waals surface area contributed by atoms with Crippen molar-refractivity contribution in [1.82, 2.24) is 0 Å². The van der Waals surface area contributed by atoms with E-state index in [0.717, 1.165) is 0 Å². The van der Waals surface area contributed by atoms with Crippen molar-refractivity contribution >= 4 is 9.84 Å². The molecule has 0 amide bonds. The minimum atomic E-state index is -10.3. The van der Waals surface area contributed by atoms with Crippen LogP contribution >= 0.6 is 0 Å². The van der Waals surface area contributed by atoms with Crippen molar-refractivity contribution in [3.05, 3.63) is 11.7 Å². The molecule has 44 heavy (non-hydrogen) atoms. The summed E-state index contributed by atoms with van der Waals surface area (Å²) >= 11 is 0. The highest BCUT2D eigenvalue weighted by atomic mass is 32.2. The lowest BCUT2D eigenvalue weighted by molar-refractivity contribution is -0.458. The molecule has 0 radical (unpaired) electrons. The third kappa shape index (κ3) is 3.08. The van der Waals surface area contributed by atoms with Crippen molar-refractivity contribution in [2.75, 3.05) is 0 Å². The minimum Gasteiger partial charge on any atom is -0.222 e. The summed E-state index contributed by atoms with van der Waals surface area (Å²) in [5.74, 6) is -90.8. The van der Waals surface area contributed by atoms with Crippen molar-refractivity contribution in [3.63, 3.8) is 0 Å². The zero-order valence-electron chi connectivity index (χ0n) is 18.6. The fourth-order valence-corrected chi connectivity index (χ4v) is 6.02. The fourth-order valence-electron chi connectivity index (χ4n) is 3.90. The van der Waals surface area contributed by atoms with Gasteiger partial charge in [-0.3, -0.25) is 0 Å². The Kier molecular flexibility index (Phi) is 7.28. The molecule has 260 valence electrons. The van der Waals surface area contributed by atoms with Gasteiger partial charge < -0.3 is 0 Å². The minimum absolute atomic E-state index is 4.86. The summed E-state index contributed by atoms with van der Waals surface area (Å²) in [6.45, 7) is 0. The van der Waals surface area contributed by atoms with E-state index < -0.39 is 96.6 Å².